The van der Waals surface area contributed by atoms with Crippen LogP contribution in [0.4, 0.5) is 4.39 Å². The van der Waals surface area contributed by atoms with Crippen molar-refractivity contribution in [2.75, 3.05) is 13.2 Å². The Morgan fingerprint density at radius 1 is 1.67 bits per heavy atom. The zero-order valence-corrected chi connectivity index (χ0v) is 7.85. The first-order valence-corrected chi connectivity index (χ1v) is 4.32. The number of aromatic nitrogens is 1. The van der Waals surface area contributed by atoms with E-state index < -0.39 is 24.6 Å². The van der Waals surface area contributed by atoms with E-state index in [1.54, 1.807) is 0 Å². The van der Waals surface area contributed by atoms with Crippen LogP contribution in [0.15, 0.2) is 18.3 Å². The largest absolute Gasteiger partial charge is 0.394 e. The van der Waals surface area contributed by atoms with Gasteiger partial charge in [-0.15, -0.1) is 0 Å². The molecule has 0 aromatic carbocycles. The van der Waals surface area contributed by atoms with Crippen molar-refractivity contribution in [3.63, 3.8) is 0 Å². The van der Waals surface area contributed by atoms with Crippen molar-refractivity contribution in [1.82, 2.24) is 10.3 Å². The molecule has 0 aliphatic heterocycles. The lowest BCUT2D eigenvalue weighted by Crippen LogP contribution is -2.33. The fourth-order valence-electron chi connectivity index (χ4n) is 0.921. The third kappa shape index (κ3) is 3.61. The lowest BCUT2D eigenvalue weighted by Gasteiger charge is -2.08. The average molecular weight is 214 g/mol. The summed E-state index contributed by atoms with van der Waals surface area (Å²) in [5.74, 6) is -1.27. The van der Waals surface area contributed by atoms with E-state index in [-0.39, 0.29) is 12.1 Å². The summed E-state index contributed by atoms with van der Waals surface area (Å²) in [7, 11) is 0. The molecule has 82 valence electrons. The number of halogens is 1. The van der Waals surface area contributed by atoms with E-state index in [4.69, 9.17) is 10.2 Å². The normalized spacial score (nSPS) is 12.2. The summed E-state index contributed by atoms with van der Waals surface area (Å²) in [6.45, 7) is -0.524. The van der Waals surface area contributed by atoms with Crippen LogP contribution in [0.2, 0.25) is 0 Å². The summed E-state index contributed by atoms with van der Waals surface area (Å²) in [5.41, 5.74) is 0.118. The number of carbonyl (C=O) groups is 1. The minimum absolute atomic E-state index is 0.0841. The highest BCUT2D eigenvalue weighted by Gasteiger charge is 2.08. The minimum atomic E-state index is -1.01. The molecule has 15 heavy (non-hydrogen) atoms. The molecule has 0 aliphatic carbocycles. The van der Waals surface area contributed by atoms with Gasteiger partial charge < -0.3 is 15.5 Å². The van der Waals surface area contributed by atoms with Gasteiger partial charge in [0, 0.05) is 24.4 Å². The summed E-state index contributed by atoms with van der Waals surface area (Å²) in [4.78, 5) is 14.6. The van der Waals surface area contributed by atoms with Gasteiger partial charge in [-0.05, 0) is 6.07 Å². The Bertz CT molecular complexity index is 346. The van der Waals surface area contributed by atoms with Crippen molar-refractivity contribution in [2.24, 2.45) is 0 Å². The number of hydrogen-bond donors (Lipinski definition) is 3. The highest BCUT2D eigenvalue weighted by molar-refractivity contribution is 5.93. The van der Waals surface area contributed by atoms with E-state index in [1.165, 1.54) is 12.3 Å². The average Bonchev–Trinajstić information content (AvgIpc) is 2.25. The lowest BCUT2D eigenvalue weighted by molar-refractivity contribution is 0.0801. The summed E-state index contributed by atoms with van der Waals surface area (Å²) >= 11 is 0. The predicted octanol–water partition coefficient (Wildman–Crippen LogP) is -0.696. The Labute approximate surface area is 85.6 Å². The van der Waals surface area contributed by atoms with Crippen molar-refractivity contribution in [3.05, 3.63) is 29.8 Å². The van der Waals surface area contributed by atoms with Crippen LogP contribution in [0.3, 0.4) is 0 Å². The topological polar surface area (TPSA) is 82.5 Å². The maximum Gasteiger partial charge on any atom is 0.251 e. The molecule has 0 fully saturated rings. The second kappa shape index (κ2) is 5.38. The van der Waals surface area contributed by atoms with Gasteiger partial charge in [0.25, 0.3) is 5.91 Å². The van der Waals surface area contributed by atoms with Gasteiger partial charge in [0.1, 0.15) is 0 Å². The molecule has 6 heteroatoms. The molecule has 3 N–H and O–H groups in total. The van der Waals surface area contributed by atoms with Crippen LogP contribution in [-0.4, -0.2) is 40.4 Å². The number of carbonyl (C=O) groups excluding carboxylic acids is 1. The first kappa shape index (κ1) is 11.5. The van der Waals surface area contributed by atoms with E-state index in [1.807, 2.05) is 0 Å². The van der Waals surface area contributed by atoms with Crippen LogP contribution in [0.5, 0.6) is 0 Å². The van der Waals surface area contributed by atoms with Gasteiger partial charge in [0.2, 0.25) is 5.95 Å². The monoisotopic (exact) mass is 214 g/mol. The molecular weight excluding hydrogens is 203 g/mol. The zero-order chi connectivity index (χ0) is 11.3. The number of aliphatic hydroxyl groups excluding tert-OH is 2. The number of nitrogens with zero attached hydrogens (tertiary/aromatic N) is 1. The van der Waals surface area contributed by atoms with Gasteiger partial charge in [0.15, 0.2) is 0 Å². The van der Waals surface area contributed by atoms with Crippen molar-refractivity contribution in [2.45, 2.75) is 6.10 Å². The molecule has 1 rings (SSSR count). The van der Waals surface area contributed by atoms with Gasteiger partial charge in [-0.25, -0.2) is 4.98 Å². The molecule has 5 nitrogen and oxygen atoms in total. The second-order valence-electron chi connectivity index (χ2n) is 2.91. The Morgan fingerprint density at radius 2 is 2.40 bits per heavy atom. The molecule has 0 aliphatic rings. The van der Waals surface area contributed by atoms with E-state index in [2.05, 4.69) is 10.3 Å². The van der Waals surface area contributed by atoms with E-state index in [0.29, 0.717) is 0 Å². The van der Waals surface area contributed by atoms with Crippen molar-refractivity contribution in [3.8, 4) is 0 Å². The maximum atomic E-state index is 12.6. The molecule has 1 amide bonds. The smallest absolute Gasteiger partial charge is 0.251 e. The molecule has 1 aromatic rings. The standard InChI is InChI=1S/C9H11FN2O3/c10-8-3-6(1-2-11-8)9(15)12-4-7(14)5-13/h1-3,7,13-14H,4-5H2,(H,12,15). The minimum Gasteiger partial charge on any atom is -0.394 e. The van der Waals surface area contributed by atoms with Gasteiger partial charge >= 0.3 is 0 Å². The van der Waals surface area contributed by atoms with Crippen LogP contribution in [0.25, 0.3) is 0 Å². The number of rotatable bonds is 4. The molecule has 1 atom stereocenters. The van der Waals surface area contributed by atoms with Gasteiger partial charge in [-0.2, -0.15) is 4.39 Å². The van der Waals surface area contributed by atoms with Crippen LogP contribution in [-0.2, 0) is 0 Å². The Morgan fingerprint density at radius 3 is 3.00 bits per heavy atom. The number of nitrogens with one attached hydrogen (secondary N) is 1. The van der Waals surface area contributed by atoms with Crippen LogP contribution in [0, 0.1) is 5.95 Å². The zero-order valence-electron chi connectivity index (χ0n) is 7.85. The van der Waals surface area contributed by atoms with Crippen LogP contribution < -0.4 is 5.32 Å². The molecule has 0 spiro atoms. The first-order valence-electron chi connectivity index (χ1n) is 4.32. The van der Waals surface area contributed by atoms with Crippen molar-refractivity contribution in [1.29, 1.82) is 0 Å². The van der Waals surface area contributed by atoms with Crippen LogP contribution in [0.1, 0.15) is 10.4 Å². The molecule has 1 heterocycles. The summed E-state index contributed by atoms with van der Waals surface area (Å²) in [6, 6.07) is 2.34. The fourth-order valence-corrected chi connectivity index (χ4v) is 0.921. The highest BCUT2D eigenvalue weighted by Crippen LogP contribution is 1.99. The quantitative estimate of drug-likeness (QED) is 0.579. The molecule has 0 saturated carbocycles. The van der Waals surface area contributed by atoms with Gasteiger partial charge in [-0.3, -0.25) is 4.79 Å². The SMILES string of the molecule is O=C(NCC(O)CO)c1ccnc(F)c1. The Hall–Kier alpha value is -1.53. The summed E-state index contributed by atoms with van der Waals surface area (Å²) in [5, 5.41) is 19.8. The second-order valence-corrected chi connectivity index (χ2v) is 2.91. The van der Waals surface area contributed by atoms with Crippen molar-refractivity contribution >= 4 is 5.91 Å². The summed E-state index contributed by atoms with van der Waals surface area (Å²) in [6.07, 6.45) is 0.160. The number of hydrogen-bond acceptors (Lipinski definition) is 4. The fraction of sp³-hybridized carbons (Fsp3) is 0.333. The number of aliphatic hydroxyl groups is 2. The third-order valence-electron chi connectivity index (χ3n) is 1.70. The number of amides is 1. The number of pyridine rings is 1. The van der Waals surface area contributed by atoms with E-state index in [9.17, 15) is 9.18 Å². The highest BCUT2D eigenvalue weighted by atomic mass is 19.1. The molecule has 0 bridgehead atoms. The first-order chi connectivity index (χ1) is 7.13. The maximum absolute atomic E-state index is 12.6. The summed E-state index contributed by atoms with van der Waals surface area (Å²) < 4.78 is 12.6. The van der Waals surface area contributed by atoms with Gasteiger partial charge in [0.05, 0.1) is 12.7 Å². The predicted molar refractivity (Wildman–Crippen MR) is 49.6 cm³/mol. The van der Waals surface area contributed by atoms with E-state index >= 15 is 0 Å². The molecular formula is C9H11FN2O3. The van der Waals surface area contributed by atoms with Gasteiger partial charge in [-0.1, -0.05) is 0 Å². The van der Waals surface area contributed by atoms with Crippen LogP contribution >= 0.6 is 0 Å². The molecule has 0 saturated heterocycles. The Kier molecular flexibility index (Phi) is 4.14. The Balaban J connectivity index is 2.54. The molecule has 1 unspecified atom stereocenters. The van der Waals surface area contributed by atoms with E-state index in [0.717, 1.165) is 6.07 Å². The molecule has 0 radical (unpaired) electrons. The lowest BCUT2D eigenvalue weighted by atomic mass is 10.2. The molecule has 1 aromatic heterocycles. The van der Waals surface area contributed by atoms with Crippen molar-refractivity contribution < 1.29 is 19.4 Å². The third-order valence-corrected chi connectivity index (χ3v) is 1.70.